The number of aliphatic hydroxyl groups is 1. The molecule has 8 heteroatoms. The van der Waals surface area contributed by atoms with Gasteiger partial charge in [-0.1, -0.05) is 20.8 Å². The van der Waals surface area contributed by atoms with E-state index < -0.39 is 43.7 Å². The number of carbonyl (C=O) groups is 2. The van der Waals surface area contributed by atoms with E-state index in [-0.39, 0.29) is 18.1 Å². The molecule has 0 aliphatic heterocycles. The molecule has 0 fully saturated rings. The third kappa shape index (κ3) is 10.4. The molecule has 0 aromatic rings. The molecule has 0 unspecified atom stereocenters. The molecule has 0 aliphatic rings. The van der Waals surface area contributed by atoms with Crippen molar-refractivity contribution in [1.82, 2.24) is 5.32 Å². The predicted molar refractivity (Wildman–Crippen MR) is 113 cm³/mol. The van der Waals surface area contributed by atoms with Gasteiger partial charge in [0.2, 0.25) is 0 Å². The number of hydrogen-bond acceptors (Lipinski definition) is 6. The Hall–Kier alpha value is -1.12. The van der Waals surface area contributed by atoms with Crippen LogP contribution in [0.5, 0.6) is 0 Å². The molecule has 2 N–H and O–H groups in total. The predicted octanol–water partition coefficient (Wildman–Crippen LogP) is 3.99. The van der Waals surface area contributed by atoms with Crippen LogP contribution in [0.1, 0.15) is 68.7 Å². The fourth-order valence-electron chi connectivity index (χ4n) is 2.05. The lowest BCUT2D eigenvalue weighted by molar-refractivity contribution is -0.158. The van der Waals surface area contributed by atoms with Crippen LogP contribution in [0.25, 0.3) is 0 Å². The van der Waals surface area contributed by atoms with Crippen LogP contribution in [-0.2, 0) is 18.7 Å². The second-order valence-electron chi connectivity index (χ2n) is 10.7. The Kier molecular flexibility index (Phi) is 9.20. The Morgan fingerprint density at radius 2 is 1.39 bits per heavy atom. The summed E-state index contributed by atoms with van der Waals surface area (Å²) in [6.45, 7) is 20.7. The Labute approximate surface area is 171 Å². The molecule has 7 nitrogen and oxygen atoms in total. The lowest BCUT2D eigenvalue weighted by Gasteiger charge is -2.39. The van der Waals surface area contributed by atoms with Crippen LogP contribution in [0.2, 0.25) is 18.1 Å². The van der Waals surface area contributed by atoms with E-state index >= 15 is 0 Å². The third-order valence-electron chi connectivity index (χ3n) is 4.35. The smallest absolute Gasteiger partial charge is 0.408 e. The van der Waals surface area contributed by atoms with Crippen molar-refractivity contribution < 1.29 is 28.6 Å². The number of rotatable bonds is 7. The minimum Gasteiger partial charge on any atom is -0.458 e. The second-order valence-corrected chi connectivity index (χ2v) is 15.4. The van der Waals surface area contributed by atoms with Crippen molar-refractivity contribution in [3.05, 3.63) is 0 Å². The third-order valence-corrected chi connectivity index (χ3v) is 8.89. The number of hydrogen-bond donors (Lipinski definition) is 2. The Morgan fingerprint density at radius 1 is 0.929 bits per heavy atom. The lowest BCUT2D eigenvalue weighted by Crippen LogP contribution is -2.50. The van der Waals surface area contributed by atoms with Gasteiger partial charge in [0.15, 0.2) is 8.32 Å². The maximum atomic E-state index is 12.7. The van der Waals surface area contributed by atoms with Gasteiger partial charge in [-0.3, -0.25) is 0 Å². The summed E-state index contributed by atoms with van der Waals surface area (Å²) in [5.41, 5.74) is -1.41. The van der Waals surface area contributed by atoms with Crippen LogP contribution in [0, 0.1) is 0 Å². The van der Waals surface area contributed by atoms with E-state index in [1.165, 1.54) is 0 Å². The molecule has 166 valence electrons. The first-order chi connectivity index (χ1) is 12.3. The zero-order valence-corrected chi connectivity index (χ0v) is 20.6. The normalized spacial score (nSPS) is 15.6. The molecular weight excluding hydrogens is 378 g/mol. The molecule has 2 atom stereocenters. The standard InChI is InChI=1S/C20H41NO6Si/c1-18(2,3)25-16(23)15(21-17(24)26-19(4,5)6)12-14(13-22)27-28(10,11)20(7,8)9/h14-15,22H,12-13H2,1-11H3,(H,21,24)/t14-,15+/m1/s1. The molecule has 0 bridgehead atoms. The van der Waals surface area contributed by atoms with Gasteiger partial charge in [0.1, 0.15) is 17.2 Å². The van der Waals surface area contributed by atoms with Crippen LogP contribution in [-0.4, -0.2) is 55.4 Å². The van der Waals surface area contributed by atoms with Crippen LogP contribution in [0.3, 0.4) is 0 Å². The fraction of sp³-hybridized carbons (Fsp3) is 0.900. The first-order valence-electron chi connectivity index (χ1n) is 9.78. The van der Waals surface area contributed by atoms with Gasteiger partial charge >= 0.3 is 12.1 Å². The molecule has 0 aromatic heterocycles. The number of aliphatic hydroxyl groups excluding tert-OH is 1. The number of carbonyl (C=O) groups excluding carboxylic acids is 2. The van der Waals surface area contributed by atoms with Crippen molar-refractivity contribution in [1.29, 1.82) is 0 Å². The highest BCUT2D eigenvalue weighted by molar-refractivity contribution is 6.74. The highest BCUT2D eigenvalue weighted by atomic mass is 28.4. The summed E-state index contributed by atoms with van der Waals surface area (Å²) in [6.07, 6.45) is -1.22. The lowest BCUT2D eigenvalue weighted by atomic mass is 10.1. The summed E-state index contributed by atoms with van der Waals surface area (Å²) in [5.74, 6) is -0.587. The summed E-state index contributed by atoms with van der Waals surface area (Å²) in [7, 11) is -2.17. The molecule has 0 radical (unpaired) electrons. The highest BCUT2D eigenvalue weighted by Gasteiger charge is 2.40. The minimum absolute atomic E-state index is 0.0551. The molecular formula is C20H41NO6Si. The molecule has 0 aromatic carbocycles. The largest absolute Gasteiger partial charge is 0.458 e. The van der Waals surface area contributed by atoms with E-state index in [1.54, 1.807) is 41.5 Å². The van der Waals surface area contributed by atoms with Gasteiger partial charge in [0.25, 0.3) is 0 Å². The Morgan fingerprint density at radius 3 is 1.75 bits per heavy atom. The van der Waals surface area contributed by atoms with Crippen molar-refractivity contribution in [2.24, 2.45) is 0 Å². The first kappa shape index (κ1) is 26.9. The molecule has 0 rings (SSSR count). The van der Waals surface area contributed by atoms with Gasteiger partial charge in [-0.15, -0.1) is 0 Å². The zero-order valence-electron chi connectivity index (χ0n) is 19.6. The van der Waals surface area contributed by atoms with E-state index in [0.29, 0.717) is 0 Å². The molecule has 0 saturated carbocycles. The van der Waals surface area contributed by atoms with Crippen LogP contribution < -0.4 is 5.32 Å². The first-order valence-corrected chi connectivity index (χ1v) is 12.7. The monoisotopic (exact) mass is 419 g/mol. The maximum absolute atomic E-state index is 12.7. The van der Waals surface area contributed by atoms with Crippen molar-refractivity contribution in [3.63, 3.8) is 0 Å². The highest BCUT2D eigenvalue weighted by Crippen LogP contribution is 2.37. The number of amides is 1. The molecule has 0 spiro atoms. The summed E-state index contributed by atoms with van der Waals surface area (Å²) in [6, 6.07) is -0.990. The number of esters is 1. The van der Waals surface area contributed by atoms with Gasteiger partial charge in [-0.2, -0.15) is 0 Å². The molecule has 0 saturated heterocycles. The fourth-order valence-corrected chi connectivity index (χ4v) is 3.41. The van der Waals surface area contributed by atoms with Gasteiger partial charge in [0, 0.05) is 6.42 Å². The van der Waals surface area contributed by atoms with E-state index in [1.807, 2.05) is 0 Å². The summed E-state index contributed by atoms with van der Waals surface area (Å²) in [4.78, 5) is 24.9. The van der Waals surface area contributed by atoms with E-state index in [2.05, 4.69) is 39.2 Å². The van der Waals surface area contributed by atoms with Crippen molar-refractivity contribution in [3.8, 4) is 0 Å². The summed E-state index contributed by atoms with van der Waals surface area (Å²) in [5, 5.41) is 12.4. The molecule has 0 heterocycles. The topological polar surface area (TPSA) is 94.1 Å². The molecule has 28 heavy (non-hydrogen) atoms. The van der Waals surface area contributed by atoms with E-state index in [9.17, 15) is 14.7 Å². The summed E-state index contributed by atoms with van der Waals surface area (Å²) < 4.78 is 16.9. The average Bonchev–Trinajstić information content (AvgIpc) is 2.40. The Balaban J connectivity index is 5.42. The average molecular weight is 420 g/mol. The number of nitrogens with one attached hydrogen (secondary N) is 1. The van der Waals surface area contributed by atoms with E-state index in [0.717, 1.165) is 0 Å². The van der Waals surface area contributed by atoms with Crippen molar-refractivity contribution in [2.45, 2.75) is 110 Å². The van der Waals surface area contributed by atoms with Gasteiger partial charge in [-0.25, -0.2) is 9.59 Å². The minimum atomic E-state index is -2.17. The second kappa shape index (κ2) is 9.58. The van der Waals surface area contributed by atoms with E-state index in [4.69, 9.17) is 13.9 Å². The van der Waals surface area contributed by atoms with Crippen molar-refractivity contribution in [2.75, 3.05) is 6.61 Å². The SMILES string of the molecule is CC(C)(C)OC(=O)N[C@@H](C[C@H](CO)O[Si](C)(C)C(C)(C)C)C(=O)OC(C)(C)C. The van der Waals surface area contributed by atoms with Crippen LogP contribution >= 0.6 is 0 Å². The number of alkyl carbamates (subject to hydrolysis) is 1. The maximum Gasteiger partial charge on any atom is 0.408 e. The molecule has 1 amide bonds. The molecule has 0 aliphatic carbocycles. The quantitative estimate of drug-likeness (QED) is 0.478. The summed E-state index contributed by atoms with van der Waals surface area (Å²) >= 11 is 0. The Bertz CT molecular complexity index is 528. The zero-order chi connectivity index (χ0) is 22.6. The van der Waals surface area contributed by atoms with Crippen LogP contribution in [0.15, 0.2) is 0 Å². The van der Waals surface area contributed by atoms with Crippen molar-refractivity contribution >= 4 is 20.4 Å². The van der Waals surface area contributed by atoms with Gasteiger partial charge in [-0.05, 0) is 59.7 Å². The number of ether oxygens (including phenoxy) is 2. The van der Waals surface area contributed by atoms with Gasteiger partial charge in [0.05, 0.1) is 12.7 Å². The van der Waals surface area contributed by atoms with Gasteiger partial charge < -0.3 is 24.3 Å². The van der Waals surface area contributed by atoms with Crippen LogP contribution in [0.4, 0.5) is 4.79 Å².